The first-order valence-electron chi connectivity index (χ1n) is 8.84. The van der Waals surface area contributed by atoms with Crippen molar-refractivity contribution in [3.63, 3.8) is 0 Å². The minimum atomic E-state index is -0.00442. The number of benzene rings is 1. The van der Waals surface area contributed by atoms with Crippen molar-refractivity contribution in [2.24, 2.45) is 0 Å². The minimum Gasteiger partial charge on any atom is -0.363 e. The maximum Gasteiger partial charge on any atom is 0.225 e. The Kier molecular flexibility index (Phi) is 5.86. The van der Waals surface area contributed by atoms with Gasteiger partial charge >= 0.3 is 0 Å². The van der Waals surface area contributed by atoms with Crippen LogP contribution in [0.15, 0.2) is 42.6 Å². The van der Waals surface area contributed by atoms with Crippen LogP contribution in [0.2, 0.25) is 0 Å². The van der Waals surface area contributed by atoms with Crippen molar-refractivity contribution in [2.45, 2.75) is 26.8 Å². The number of anilines is 1. The van der Waals surface area contributed by atoms with Gasteiger partial charge in [0.15, 0.2) is 0 Å². The third kappa shape index (κ3) is 4.92. The first kappa shape index (κ1) is 19.0. The number of carbonyl (C=O) groups excluding carboxylic acids is 1. The van der Waals surface area contributed by atoms with Crippen LogP contribution in [0.1, 0.15) is 21.0 Å². The average molecular weight is 381 g/mol. The lowest BCUT2D eigenvalue weighted by atomic mass is 10.1. The van der Waals surface area contributed by atoms with Crippen molar-refractivity contribution in [1.29, 1.82) is 0 Å². The number of hydrogen-bond acceptors (Lipinski definition) is 5. The van der Waals surface area contributed by atoms with E-state index in [1.165, 1.54) is 5.56 Å². The molecular weight excluding hydrogens is 356 g/mol. The van der Waals surface area contributed by atoms with Crippen LogP contribution in [0.5, 0.6) is 0 Å². The molecule has 1 amide bonds. The second-order valence-electron chi connectivity index (χ2n) is 6.74. The topological polar surface area (TPSA) is 58.1 Å². The van der Waals surface area contributed by atoms with Gasteiger partial charge in [-0.05, 0) is 31.5 Å². The van der Waals surface area contributed by atoms with E-state index >= 15 is 0 Å². The van der Waals surface area contributed by atoms with Crippen LogP contribution < -0.4 is 10.2 Å². The molecule has 0 radical (unpaired) electrons. The summed E-state index contributed by atoms with van der Waals surface area (Å²) in [5.74, 6) is 0.872. The van der Waals surface area contributed by atoms with Crippen LogP contribution in [-0.2, 0) is 17.8 Å². The predicted octanol–water partition coefficient (Wildman–Crippen LogP) is 3.75. The molecule has 0 bridgehead atoms. The molecule has 0 aliphatic heterocycles. The van der Waals surface area contributed by atoms with Gasteiger partial charge in [0.05, 0.1) is 17.1 Å². The molecule has 3 aromatic rings. The Balaban J connectivity index is 1.68. The number of hydrogen-bond donors (Lipinski definition) is 1. The number of amides is 1. The molecule has 0 fully saturated rings. The van der Waals surface area contributed by atoms with Gasteiger partial charge in [0.2, 0.25) is 5.91 Å². The largest absolute Gasteiger partial charge is 0.363 e. The lowest BCUT2D eigenvalue weighted by Crippen LogP contribution is -2.24. The molecule has 2 aromatic heterocycles. The van der Waals surface area contributed by atoms with E-state index in [1.54, 1.807) is 17.5 Å². The van der Waals surface area contributed by atoms with Crippen LogP contribution in [0.4, 0.5) is 5.82 Å². The second-order valence-corrected chi connectivity index (χ2v) is 8.03. The zero-order valence-electron chi connectivity index (χ0n) is 16.1. The zero-order valence-corrected chi connectivity index (χ0v) is 16.9. The van der Waals surface area contributed by atoms with Crippen LogP contribution in [0.3, 0.4) is 0 Å². The fourth-order valence-electron chi connectivity index (χ4n) is 2.75. The normalized spacial score (nSPS) is 10.7. The number of carbonyl (C=O) groups is 1. The first-order chi connectivity index (χ1) is 12.9. The Bertz CT molecular complexity index is 932. The van der Waals surface area contributed by atoms with Gasteiger partial charge in [0.25, 0.3) is 0 Å². The Morgan fingerprint density at radius 2 is 1.89 bits per heavy atom. The number of aromatic nitrogens is 2. The van der Waals surface area contributed by atoms with E-state index in [1.807, 2.05) is 38.1 Å². The second kappa shape index (κ2) is 8.31. The van der Waals surface area contributed by atoms with E-state index in [2.05, 4.69) is 46.5 Å². The number of nitrogens with zero attached hydrogens (tertiary/aromatic N) is 3. The summed E-state index contributed by atoms with van der Waals surface area (Å²) in [6, 6.07) is 12.2. The number of nitrogens with one attached hydrogen (secondary N) is 1. The Morgan fingerprint density at radius 1 is 1.15 bits per heavy atom. The molecule has 0 unspecified atom stereocenters. The van der Waals surface area contributed by atoms with Gasteiger partial charge in [-0.3, -0.25) is 4.79 Å². The maximum atomic E-state index is 12.5. The molecule has 6 heteroatoms. The highest BCUT2D eigenvalue weighted by atomic mass is 32.1. The molecule has 0 saturated heterocycles. The monoisotopic (exact) mass is 380 g/mol. The Hall–Kier alpha value is -2.73. The van der Waals surface area contributed by atoms with Gasteiger partial charge < -0.3 is 10.2 Å². The van der Waals surface area contributed by atoms with E-state index in [-0.39, 0.29) is 5.91 Å². The molecule has 0 spiro atoms. The fraction of sp³-hybridized carbons (Fsp3) is 0.286. The van der Waals surface area contributed by atoms with Crippen LogP contribution in [0.25, 0.3) is 11.3 Å². The summed E-state index contributed by atoms with van der Waals surface area (Å²) in [4.78, 5) is 24.4. The molecule has 1 N–H and O–H groups in total. The third-order valence-electron chi connectivity index (χ3n) is 4.21. The molecule has 140 valence electrons. The molecule has 1 aromatic carbocycles. The van der Waals surface area contributed by atoms with Gasteiger partial charge in [-0.15, -0.1) is 11.3 Å². The molecule has 5 nitrogen and oxygen atoms in total. The fourth-order valence-corrected chi connectivity index (χ4v) is 3.71. The van der Waals surface area contributed by atoms with Crippen molar-refractivity contribution in [1.82, 2.24) is 15.3 Å². The standard InChI is InChI=1S/C21H24N4OS/c1-14-5-7-17(8-6-14)21-18(27-15(2)24-21)12-20(26)23-13-16-9-10-22-19(11-16)25(3)4/h5-11H,12-13H2,1-4H3,(H,23,26). The number of aryl methyl sites for hydroxylation is 2. The summed E-state index contributed by atoms with van der Waals surface area (Å²) < 4.78 is 0. The van der Waals surface area contributed by atoms with Crippen molar-refractivity contribution < 1.29 is 4.79 Å². The highest BCUT2D eigenvalue weighted by molar-refractivity contribution is 7.12. The molecule has 0 saturated carbocycles. The molecule has 2 heterocycles. The zero-order chi connectivity index (χ0) is 19.4. The van der Waals surface area contributed by atoms with E-state index < -0.39 is 0 Å². The maximum absolute atomic E-state index is 12.5. The molecule has 0 atom stereocenters. The first-order valence-corrected chi connectivity index (χ1v) is 9.66. The highest BCUT2D eigenvalue weighted by Crippen LogP contribution is 2.28. The quantitative estimate of drug-likeness (QED) is 0.708. The summed E-state index contributed by atoms with van der Waals surface area (Å²) in [5.41, 5.74) is 4.20. The predicted molar refractivity (Wildman–Crippen MR) is 111 cm³/mol. The average Bonchev–Trinajstić information content (AvgIpc) is 3.01. The van der Waals surface area contributed by atoms with Crippen LogP contribution >= 0.6 is 11.3 Å². The molecule has 3 rings (SSSR count). The molecule has 0 aliphatic rings. The Labute approximate surface area is 164 Å². The van der Waals surface area contributed by atoms with Gasteiger partial charge in [-0.25, -0.2) is 9.97 Å². The van der Waals surface area contributed by atoms with Crippen LogP contribution in [0, 0.1) is 13.8 Å². The van der Waals surface area contributed by atoms with Crippen molar-refractivity contribution in [2.75, 3.05) is 19.0 Å². The summed E-state index contributed by atoms with van der Waals surface area (Å²) in [5, 5.41) is 3.97. The van der Waals surface area contributed by atoms with E-state index in [0.717, 1.165) is 32.5 Å². The highest BCUT2D eigenvalue weighted by Gasteiger charge is 2.15. The van der Waals surface area contributed by atoms with Gasteiger partial charge in [0.1, 0.15) is 5.82 Å². The van der Waals surface area contributed by atoms with Gasteiger partial charge in [-0.1, -0.05) is 29.8 Å². The molecular formula is C21H24N4OS. The number of thiazole rings is 1. The van der Waals surface area contributed by atoms with E-state index in [0.29, 0.717) is 13.0 Å². The Morgan fingerprint density at radius 3 is 2.59 bits per heavy atom. The SMILES string of the molecule is Cc1ccc(-c2nc(C)sc2CC(=O)NCc2ccnc(N(C)C)c2)cc1. The van der Waals surface area contributed by atoms with E-state index in [9.17, 15) is 4.79 Å². The summed E-state index contributed by atoms with van der Waals surface area (Å²) in [6.45, 7) is 4.52. The minimum absolute atomic E-state index is 0.00442. The van der Waals surface area contributed by atoms with Crippen LogP contribution in [-0.4, -0.2) is 30.0 Å². The number of pyridine rings is 1. The summed E-state index contributed by atoms with van der Waals surface area (Å²) in [6.07, 6.45) is 2.10. The smallest absolute Gasteiger partial charge is 0.225 e. The molecule has 0 aliphatic carbocycles. The summed E-state index contributed by atoms with van der Waals surface area (Å²) >= 11 is 1.58. The van der Waals surface area contributed by atoms with Crippen molar-refractivity contribution in [3.05, 3.63) is 63.6 Å². The van der Waals surface area contributed by atoms with Gasteiger partial charge in [0, 0.05) is 37.3 Å². The number of rotatable bonds is 6. The van der Waals surface area contributed by atoms with Crippen molar-refractivity contribution in [3.8, 4) is 11.3 Å². The lowest BCUT2D eigenvalue weighted by molar-refractivity contribution is -0.120. The third-order valence-corrected chi connectivity index (χ3v) is 5.18. The lowest BCUT2D eigenvalue weighted by Gasteiger charge is -2.12. The van der Waals surface area contributed by atoms with Crippen molar-refractivity contribution >= 4 is 23.1 Å². The molecule has 27 heavy (non-hydrogen) atoms. The van der Waals surface area contributed by atoms with E-state index in [4.69, 9.17) is 0 Å². The van der Waals surface area contributed by atoms with Gasteiger partial charge in [-0.2, -0.15) is 0 Å². The summed E-state index contributed by atoms with van der Waals surface area (Å²) in [7, 11) is 3.90.